The molecule has 1 aliphatic heterocycles. The maximum absolute atomic E-state index is 11.9. The third-order valence-corrected chi connectivity index (χ3v) is 3.80. The fraction of sp³-hybridized carbons (Fsp3) is 0.467. The summed E-state index contributed by atoms with van der Waals surface area (Å²) < 4.78 is 0. The van der Waals surface area contributed by atoms with Crippen LogP contribution >= 0.6 is 11.6 Å². The number of halogens is 1. The highest BCUT2D eigenvalue weighted by molar-refractivity contribution is 6.64. The van der Waals surface area contributed by atoms with E-state index in [-0.39, 0.29) is 23.7 Å². The van der Waals surface area contributed by atoms with Crippen molar-refractivity contribution in [3.05, 3.63) is 29.8 Å². The molecular formula is C15H18ClNO2. The number of amides is 1. The number of rotatable bonds is 2. The van der Waals surface area contributed by atoms with Crippen LogP contribution in [0, 0.1) is 5.92 Å². The van der Waals surface area contributed by atoms with Gasteiger partial charge in [0, 0.05) is 18.7 Å². The lowest BCUT2D eigenvalue weighted by atomic mass is 9.87. The maximum atomic E-state index is 11.9. The molecule has 1 atom stereocenters. The number of anilines is 1. The molecule has 1 unspecified atom stereocenters. The van der Waals surface area contributed by atoms with Crippen LogP contribution in [0.4, 0.5) is 5.69 Å². The second-order valence-electron chi connectivity index (χ2n) is 6.01. The predicted octanol–water partition coefficient (Wildman–Crippen LogP) is 3.10. The Morgan fingerprint density at radius 2 is 1.84 bits per heavy atom. The van der Waals surface area contributed by atoms with Gasteiger partial charge in [-0.05, 0) is 34.7 Å². The van der Waals surface area contributed by atoms with Crippen LogP contribution in [0.3, 0.4) is 0 Å². The van der Waals surface area contributed by atoms with E-state index in [1.165, 1.54) is 5.56 Å². The largest absolute Gasteiger partial charge is 0.312 e. The van der Waals surface area contributed by atoms with Gasteiger partial charge in [-0.2, -0.15) is 0 Å². The van der Waals surface area contributed by atoms with Crippen molar-refractivity contribution >= 4 is 28.4 Å². The molecule has 0 radical (unpaired) electrons. The van der Waals surface area contributed by atoms with Gasteiger partial charge in [-0.3, -0.25) is 9.59 Å². The lowest BCUT2D eigenvalue weighted by Crippen LogP contribution is -2.25. The fourth-order valence-corrected chi connectivity index (χ4v) is 2.40. The Morgan fingerprint density at radius 1 is 1.26 bits per heavy atom. The van der Waals surface area contributed by atoms with Crippen LogP contribution < -0.4 is 4.90 Å². The van der Waals surface area contributed by atoms with E-state index in [9.17, 15) is 9.59 Å². The van der Waals surface area contributed by atoms with Gasteiger partial charge >= 0.3 is 0 Å². The molecule has 3 nitrogen and oxygen atoms in total. The van der Waals surface area contributed by atoms with Crippen LogP contribution in [-0.2, 0) is 15.0 Å². The van der Waals surface area contributed by atoms with E-state index in [1.54, 1.807) is 4.90 Å². The third kappa shape index (κ3) is 2.98. The summed E-state index contributed by atoms with van der Waals surface area (Å²) in [7, 11) is 0. The summed E-state index contributed by atoms with van der Waals surface area (Å²) >= 11 is 5.47. The van der Waals surface area contributed by atoms with Gasteiger partial charge in [-0.1, -0.05) is 32.9 Å². The van der Waals surface area contributed by atoms with Crippen LogP contribution in [0.5, 0.6) is 0 Å². The average Bonchev–Trinajstić information content (AvgIpc) is 2.70. The van der Waals surface area contributed by atoms with Gasteiger partial charge in [0.1, 0.15) is 0 Å². The Bertz CT molecular complexity index is 502. The van der Waals surface area contributed by atoms with Gasteiger partial charge in [0.2, 0.25) is 11.1 Å². The normalized spacial score (nSPS) is 19.9. The minimum atomic E-state index is -0.429. The van der Waals surface area contributed by atoms with E-state index in [2.05, 4.69) is 20.8 Å². The number of benzene rings is 1. The zero-order chi connectivity index (χ0) is 14.2. The molecule has 1 aromatic rings. The van der Waals surface area contributed by atoms with Crippen molar-refractivity contribution in [2.75, 3.05) is 11.4 Å². The number of hydrogen-bond donors (Lipinski definition) is 0. The molecule has 1 aromatic carbocycles. The van der Waals surface area contributed by atoms with Crippen molar-refractivity contribution in [1.29, 1.82) is 0 Å². The number of hydrogen-bond acceptors (Lipinski definition) is 2. The highest BCUT2D eigenvalue weighted by Crippen LogP contribution is 2.29. The Balaban J connectivity index is 2.19. The lowest BCUT2D eigenvalue weighted by molar-refractivity contribution is -0.120. The van der Waals surface area contributed by atoms with Gasteiger partial charge in [0.05, 0.1) is 5.92 Å². The summed E-state index contributed by atoms with van der Waals surface area (Å²) in [6.45, 7) is 6.82. The van der Waals surface area contributed by atoms with E-state index in [4.69, 9.17) is 11.6 Å². The van der Waals surface area contributed by atoms with Crippen LogP contribution in [0.1, 0.15) is 32.8 Å². The average molecular weight is 280 g/mol. The van der Waals surface area contributed by atoms with E-state index in [0.29, 0.717) is 6.54 Å². The Morgan fingerprint density at radius 3 is 2.26 bits per heavy atom. The first-order chi connectivity index (χ1) is 8.79. The van der Waals surface area contributed by atoms with Gasteiger partial charge in [-0.15, -0.1) is 0 Å². The molecule has 0 aliphatic carbocycles. The Hall–Kier alpha value is -1.35. The van der Waals surface area contributed by atoms with Gasteiger partial charge in [-0.25, -0.2) is 0 Å². The number of carbonyl (C=O) groups is 2. The molecule has 102 valence electrons. The van der Waals surface area contributed by atoms with Gasteiger partial charge < -0.3 is 4.90 Å². The topological polar surface area (TPSA) is 37.4 Å². The molecule has 19 heavy (non-hydrogen) atoms. The lowest BCUT2D eigenvalue weighted by Gasteiger charge is -2.21. The van der Waals surface area contributed by atoms with Crippen LogP contribution in [0.15, 0.2) is 24.3 Å². The molecule has 0 saturated carbocycles. The van der Waals surface area contributed by atoms with E-state index in [0.717, 1.165) is 5.69 Å². The molecule has 0 aromatic heterocycles. The van der Waals surface area contributed by atoms with E-state index < -0.39 is 5.24 Å². The summed E-state index contributed by atoms with van der Waals surface area (Å²) in [4.78, 5) is 24.7. The molecule has 1 saturated heterocycles. The summed E-state index contributed by atoms with van der Waals surface area (Å²) in [5, 5.41) is -0.429. The first kappa shape index (κ1) is 14.1. The predicted molar refractivity (Wildman–Crippen MR) is 76.5 cm³/mol. The van der Waals surface area contributed by atoms with Crippen molar-refractivity contribution in [2.45, 2.75) is 32.6 Å². The minimum absolute atomic E-state index is 0.0393. The van der Waals surface area contributed by atoms with E-state index >= 15 is 0 Å². The smallest absolute Gasteiger partial charge is 0.227 e. The highest BCUT2D eigenvalue weighted by Gasteiger charge is 2.34. The molecule has 0 N–H and O–H groups in total. The number of nitrogens with zero attached hydrogens (tertiary/aromatic N) is 1. The zero-order valence-corrected chi connectivity index (χ0v) is 12.2. The van der Waals surface area contributed by atoms with E-state index in [1.807, 2.05) is 24.3 Å². The molecule has 2 rings (SSSR count). The highest BCUT2D eigenvalue weighted by atomic mass is 35.5. The van der Waals surface area contributed by atoms with Crippen molar-refractivity contribution in [3.63, 3.8) is 0 Å². The third-order valence-electron chi connectivity index (χ3n) is 3.49. The SMILES string of the molecule is CC(C)(C)c1ccc(N2CC(C(=O)Cl)CC2=O)cc1. The molecule has 1 fully saturated rings. The standard InChI is InChI=1S/C15H18ClNO2/c1-15(2,3)11-4-6-12(7-5-11)17-9-10(14(16)19)8-13(17)18/h4-7,10H,8-9H2,1-3H3. The fourth-order valence-electron chi connectivity index (χ4n) is 2.25. The van der Waals surface area contributed by atoms with Crippen molar-refractivity contribution in [1.82, 2.24) is 0 Å². The van der Waals surface area contributed by atoms with Crippen LogP contribution in [0.2, 0.25) is 0 Å². The summed E-state index contributed by atoms with van der Waals surface area (Å²) in [6.07, 6.45) is 0.212. The number of carbonyl (C=O) groups excluding carboxylic acids is 2. The monoisotopic (exact) mass is 279 g/mol. The van der Waals surface area contributed by atoms with Gasteiger partial charge in [0.25, 0.3) is 0 Å². The minimum Gasteiger partial charge on any atom is -0.312 e. The zero-order valence-electron chi connectivity index (χ0n) is 11.4. The molecule has 0 spiro atoms. The van der Waals surface area contributed by atoms with Crippen molar-refractivity contribution in [2.24, 2.45) is 5.92 Å². The summed E-state index contributed by atoms with van der Waals surface area (Å²) in [5.74, 6) is -0.418. The second-order valence-corrected chi connectivity index (χ2v) is 6.38. The maximum Gasteiger partial charge on any atom is 0.227 e. The molecule has 1 aliphatic rings. The molecule has 4 heteroatoms. The first-order valence-corrected chi connectivity index (χ1v) is 6.77. The summed E-state index contributed by atoms with van der Waals surface area (Å²) in [6, 6.07) is 7.91. The second kappa shape index (κ2) is 4.97. The van der Waals surface area contributed by atoms with Crippen LogP contribution in [0.25, 0.3) is 0 Å². The van der Waals surface area contributed by atoms with Crippen molar-refractivity contribution < 1.29 is 9.59 Å². The van der Waals surface area contributed by atoms with Crippen LogP contribution in [-0.4, -0.2) is 17.7 Å². The first-order valence-electron chi connectivity index (χ1n) is 6.39. The molecule has 1 heterocycles. The Kier molecular flexibility index (Phi) is 3.68. The Labute approximate surface area is 118 Å². The molecular weight excluding hydrogens is 262 g/mol. The molecule has 0 bridgehead atoms. The van der Waals surface area contributed by atoms with Gasteiger partial charge in [0.15, 0.2) is 0 Å². The van der Waals surface area contributed by atoms with Crippen molar-refractivity contribution in [3.8, 4) is 0 Å². The molecule has 1 amide bonds. The summed E-state index contributed by atoms with van der Waals surface area (Å²) in [5.41, 5.74) is 2.13. The quantitative estimate of drug-likeness (QED) is 0.780.